The molecule has 0 aliphatic heterocycles. The number of halogens is 2. The minimum Gasteiger partial charge on any atom is -0.376 e. The van der Waals surface area contributed by atoms with Gasteiger partial charge in [0.15, 0.2) is 0 Å². The summed E-state index contributed by atoms with van der Waals surface area (Å²) in [6.45, 7) is 5.47. The standard InChI is InChI=1S/C15H22BrFO/c1-3-5-6-12(4-2)10-18-11-13-7-8-14(16)9-15(13)17/h7-9,12H,3-6,10-11H2,1-2H3. The van der Waals surface area contributed by atoms with Crippen LogP contribution in [0.15, 0.2) is 22.7 Å². The van der Waals surface area contributed by atoms with Crippen LogP contribution in [0.2, 0.25) is 0 Å². The molecular weight excluding hydrogens is 295 g/mol. The SMILES string of the molecule is CCCCC(CC)COCc1ccc(Br)cc1F. The van der Waals surface area contributed by atoms with E-state index in [4.69, 9.17) is 4.74 Å². The zero-order chi connectivity index (χ0) is 13.4. The van der Waals surface area contributed by atoms with Gasteiger partial charge in [0.2, 0.25) is 0 Å². The van der Waals surface area contributed by atoms with Crippen LogP contribution in [-0.2, 0) is 11.3 Å². The van der Waals surface area contributed by atoms with Crippen LogP contribution in [0.1, 0.15) is 45.1 Å². The molecule has 0 N–H and O–H groups in total. The van der Waals surface area contributed by atoms with E-state index in [2.05, 4.69) is 29.8 Å². The molecule has 0 fully saturated rings. The Morgan fingerprint density at radius 3 is 2.72 bits per heavy atom. The molecule has 0 heterocycles. The predicted molar refractivity (Wildman–Crippen MR) is 77.1 cm³/mol. The molecule has 0 spiro atoms. The lowest BCUT2D eigenvalue weighted by atomic mass is 10.0. The Kier molecular flexibility index (Phi) is 7.52. The molecule has 1 atom stereocenters. The normalized spacial score (nSPS) is 12.7. The summed E-state index contributed by atoms with van der Waals surface area (Å²) >= 11 is 3.25. The monoisotopic (exact) mass is 316 g/mol. The van der Waals surface area contributed by atoms with Gasteiger partial charge in [0.25, 0.3) is 0 Å². The zero-order valence-electron chi connectivity index (χ0n) is 11.2. The second kappa shape index (κ2) is 8.65. The molecule has 1 aromatic rings. The summed E-state index contributed by atoms with van der Waals surface area (Å²) in [5, 5.41) is 0. The molecule has 1 rings (SSSR count). The van der Waals surface area contributed by atoms with E-state index in [0.717, 1.165) is 17.5 Å². The van der Waals surface area contributed by atoms with Crippen molar-refractivity contribution in [3.8, 4) is 0 Å². The summed E-state index contributed by atoms with van der Waals surface area (Å²) in [7, 11) is 0. The van der Waals surface area contributed by atoms with E-state index in [1.54, 1.807) is 6.07 Å². The molecule has 0 saturated carbocycles. The van der Waals surface area contributed by atoms with Gasteiger partial charge in [-0.25, -0.2) is 4.39 Å². The van der Waals surface area contributed by atoms with Gasteiger partial charge in [-0.1, -0.05) is 55.1 Å². The summed E-state index contributed by atoms with van der Waals surface area (Å²) in [5.74, 6) is 0.398. The van der Waals surface area contributed by atoms with Crippen LogP contribution in [0.3, 0.4) is 0 Å². The van der Waals surface area contributed by atoms with Crippen molar-refractivity contribution < 1.29 is 9.13 Å². The fraction of sp³-hybridized carbons (Fsp3) is 0.600. The molecule has 0 aromatic heterocycles. The Morgan fingerprint density at radius 2 is 2.11 bits per heavy atom. The third kappa shape index (κ3) is 5.49. The van der Waals surface area contributed by atoms with Gasteiger partial charge in [-0.3, -0.25) is 0 Å². The number of ether oxygens (including phenoxy) is 1. The van der Waals surface area contributed by atoms with Crippen LogP contribution in [0.5, 0.6) is 0 Å². The van der Waals surface area contributed by atoms with Crippen LogP contribution >= 0.6 is 15.9 Å². The van der Waals surface area contributed by atoms with E-state index in [0.29, 0.717) is 18.1 Å². The average Bonchev–Trinajstić information content (AvgIpc) is 2.36. The summed E-state index contributed by atoms with van der Waals surface area (Å²) in [6.07, 6.45) is 4.80. The van der Waals surface area contributed by atoms with Gasteiger partial charge in [0, 0.05) is 16.6 Å². The summed E-state index contributed by atoms with van der Waals surface area (Å²) < 4.78 is 19.9. The van der Waals surface area contributed by atoms with Gasteiger partial charge in [0.05, 0.1) is 6.61 Å². The van der Waals surface area contributed by atoms with Crippen molar-refractivity contribution in [2.75, 3.05) is 6.61 Å². The van der Waals surface area contributed by atoms with Gasteiger partial charge in [-0.15, -0.1) is 0 Å². The first-order chi connectivity index (χ1) is 8.67. The quantitative estimate of drug-likeness (QED) is 0.630. The molecule has 102 valence electrons. The Balaban J connectivity index is 2.35. The van der Waals surface area contributed by atoms with Crippen LogP contribution < -0.4 is 0 Å². The molecule has 0 radical (unpaired) electrons. The summed E-state index contributed by atoms with van der Waals surface area (Å²) in [5.41, 5.74) is 0.628. The van der Waals surface area contributed by atoms with E-state index < -0.39 is 0 Å². The zero-order valence-corrected chi connectivity index (χ0v) is 12.8. The molecular formula is C15H22BrFO. The van der Waals surface area contributed by atoms with Crippen molar-refractivity contribution in [2.24, 2.45) is 5.92 Å². The Labute approximate surface area is 118 Å². The minimum absolute atomic E-state index is 0.203. The van der Waals surface area contributed by atoms with Crippen LogP contribution in [-0.4, -0.2) is 6.61 Å². The first-order valence-electron chi connectivity index (χ1n) is 6.69. The molecule has 18 heavy (non-hydrogen) atoms. The van der Waals surface area contributed by atoms with Gasteiger partial charge in [-0.2, -0.15) is 0 Å². The molecule has 0 amide bonds. The molecule has 0 bridgehead atoms. The molecule has 1 unspecified atom stereocenters. The molecule has 3 heteroatoms. The van der Waals surface area contributed by atoms with Gasteiger partial charge >= 0.3 is 0 Å². The molecule has 0 aliphatic carbocycles. The smallest absolute Gasteiger partial charge is 0.129 e. The van der Waals surface area contributed by atoms with E-state index in [-0.39, 0.29) is 5.82 Å². The maximum atomic E-state index is 13.5. The molecule has 0 aliphatic rings. The van der Waals surface area contributed by atoms with E-state index in [9.17, 15) is 4.39 Å². The molecule has 1 aromatic carbocycles. The predicted octanol–water partition coefficient (Wildman–Crippen LogP) is 5.32. The number of hydrogen-bond acceptors (Lipinski definition) is 1. The fourth-order valence-electron chi connectivity index (χ4n) is 1.87. The van der Waals surface area contributed by atoms with Crippen molar-refractivity contribution >= 4 is 15.9 Å². The van der Waals surface area contributed by atoms with Crippen molar-refractivity contribution in [3.05, 3.63) is 34.1 Å². The van der Waals surface area contributed by atoms with Crippen molar-refractivity contribution in [1.29, 1.82) is 0 Å². The summed E-state index contributed by atoms with van der Waals surface area (Å²) in [4.78, 5) is 0. The largest absolute Gasteiger partial charge is 0.376 e. The number of rotatable bonds is 8. The highest BCUT2D eigenvalue weighted by Crippen LogP contribution is 2.17. The Hall–Kier alpha value is -0.410. The molecule has 0 saturated heterocycles. The Bertz CT molecular complexity index is 354. The third-order valence-electron chi connectivity index (χ3n) is 3.17. The lowest BCUT2D eigenvalue weighted by Gasteiger charge is -2.14. The number of unbranched alkanes of at least 4 members (excludes halogenated alkanes) is 1. The maximum Gasteiger partial charge on any atom is 0.129 e. The van der Waals surface area contributed by atoms with Crippen LogP contribution in [0, 0.1) is 11.7 Å². The lowest BCUT2D eigenvalue weighted by molar-refractivity contribution is 0.0802. The number of benzene rings is 1. The summed E-state index contributed by atoms with van der Waals surface area (Å²) in [6, 6.07) is 5.09. The highest BCUT2D eigenvalue weighted by Gasteiger charge is 2.07. The topological polar surface area (TPSA) is 9.23 Å². The lowest BCUT2D eigenvalue weighted by Crippen LogP contribution is -2.09. The van der Waals surface area contributed by atoms with Crippen molar-refractivity contribution in [2.45, 2.75) is 46.1 Å². The van der Waals surface area contributed by atoms with Crippen LogP contribution in [0.25, 0.3) is 0 Å². The first kappa shape index (κ1) is 15.6. The van der Waals surface area contributed by atoms with Gasteiger partial charge in [-0.05, 0) is 24.5 Å². The van der Waals surface area contributed by atoms with Crippen LogP contribution in [0.4, 0.5) is 4.39 Å². The number of hydrogen-bond donors (Lipinski definition) is 0. The van der Waals surface area contributed by atoms with Crippen molar-refractivity contribution in [1.82, 2.24) is 0 Å². The highest BCUT2D eigenvalue weighted by atomic mass is 79.9. The second-order valence-electron chi connectivity index (χ2n) is 4.67. The first-order valence-corrected chi connectivity index (χ1v) is 7.48. The van der Waals surface area contributed by atoms with E-state index in [1.807, 2.05) is 6.07 Å². The Morgan fingerprint density at radius 1 is 1.33 bits per heavy atom. The third-order valence-corrected chi connectivity index (χ3v) is 3.66. The maximum absolute atomic E-state index is 13.5. The highest BCUT2D eigenvalue weighted by molar-refractivity contribution is 9.10. The van der Waals surface area contributed by atoms with E-state index >= 15 is 0 Å². The van der Waals surface area contributed by atoms with Crippen molar-refractivity contribution in [3.63, 3.8) is 0 Å². The molecule has 1 nitrogen and oxygen atoms in total. The van der Waals surface area contributed by atoms with Gasteiger partial charge < -0.3 is 4.74 Å². The van der Waals surface area contributed by atoms with E-state index in [1.165, 1.54) is 25.3 Å². The fourth-order valence-corrected chi connectivity index (χ4v) is 2.21. The minimum atomic E-state index is -0.203. The average molecular weight is 317 g/mol. The second-order valence-corrected chi connectivity index (χ2v) is 5.58. The van der Waals surface area contributed by atoms with Gasteiger partial charge in [0.1, 0.15) is 5.82 Å².